The molecule has 1 heterocycles. The summed E-state index contributed by atoms with van der Waals surface area (Å²) < 4.78 is 15.0. The van der Waals surface area contributed by atoms with Crippen LogP contribution in [-0.2, 0) is 29.2 Å². The predicted molar refractivity (Wildman–Crippen MR) is 91.2 cm³/mol. The Balaban J connectivity index is 2.63. The number of nitrogens with zero attached hydrogens (tertiary/aromatic N) is 1. The van der Waals surface area contributed by atoms with E-state index in [4.69, 9.17) is 14.2 Å². The Morgan fingerprint density at radius 1 is 1.16 bits per heavy atom. The van der Waals surface area contributed by atoms with Gasteiger partial charge in [-0.3, -0.25) is 0 Å². The van der Waals surface area contributed by atoms with E-state index in [-0.39, 0.29) is 35.8 Å². The second kappa shape index (κ2) is 7.14. The number of carbonyl (C=O) groups excluding carboxylic acids is 2. The molecule has 1 aliphatic rings. The summed E-state index contributed by atoms with van der Waals surface area (Å²) in [7, 11) is 2.45. The minimum Gasteiger partial charge on any atom is -0.506 e. The molecule has 7 heteroatoms. The van der Waals surface area contributed by atoms with Gasteiger partial charge in [-0.1, -0.05) is 26.8 Å². The van der Waals surface area contributed by atoms with Gasteiger partial charge in [-0.25, -0.2) is 9.59 Å². The second-order valence-corrected chi connectivity index (χ2v) is 6.67. The summed E-state index contributed by atoms with van der Waals surface area (Å²) >= 11 is 0. The van der Waals surface area contributed by atoms with Gasteiger partial charge >= 0.3 is 11.9 Å². The zero-order valence-corrected chi connectivity index (χ0v) is 15.1. The first kappa shape index (κ1) is 18.8. The highest BCUT2D eigenvalue weighted by molar-refractivity contribution is 6.03. The third kappa shape index (κ3) is 3.76. The smallest absolute Gasteiger partial charge is 0.355 e. The molecule has 0 fully saturated rings. The van der Waals surface area contributed by atoms with Crippen molar-refractivity contribution in [1.29, 1.82) is 0 Å². The van der Waals surface area contributed by atoms with Gasteiger partial charge in [0.05, 0.1) is 32.1 Å². The number of aromatic hydroxyl groups is 1. The average Bonchev–Trinajstić information content (AvgIpc) is 2.59. The van der Waals surface area contributed by atoms with Crippen LogP contribution >= 0.6 is 0 Å². The zero-order valence-electron chi connectivity index (χ0n) is 15.1. The van der Waals surface area contributed by atoms with Crippen molar-refractivity contribution in [3.63, 3.8) is 0 Å². The number of hydrogen-bond donors (Lipinski definition) is 1. The first-order valence-electron chi connectivity index (χ1n) is 7.79. The number of anilines is 1. The normalized spacial score (nSPS) is 15.2. The van der Waals surface area contributed by atoms with E-state index in [9.17, 15) is 14.7 Å². The van der Waals surface area contributed by atoms with E-state index < -0.39 is 11.9 Å². The van der Waals surface area contributed by atoms with Crippen LogP contribution in [0.5, 0.6) is 5.75 Å². The van der Waals surface area contributed by atoms with E-state index in [0.717, 1.165) is 5.56 Å². The molecule has 0 spiro atoms. The molecule has 7 nitrogen and oxygen atoms in total. The van der Waals surface area contributed by atoms with Crippen LogP contribution in [0.4, 0.5) is 5.69 Å². The molecule has 1 aromatic carbocycles. The Morgan fingerprint density at radius 2 is 1.80 bits per heavy atom. The molecule has 25 heavy (non-hydrogen) atoms. The molecule has 0 aromatic heterocycles. The van der Waals surface area contributed by atoms with Gasteiger partial charge in [-0.05, 0) is 23.1 Å². The van der Waals surface area contributed by atoms with Gasteiger partial charge in [0.2, 0.25) is 0 Å². The molecular formula is C18H23NO6. The third-order valence-electron chi connectivity index (χ3n) is 3.97. The fourth-order valence-corrected chi connectivity index (χ4v) is 2.54. The van der Waals surface area contributed by atoms with Crippen molar-refractivity contribution in [1.82, 2.24) is 0 Å². The molecule has 0 aliphatic carbocycles. The van der Waals surface area contributed by atoms with Crippen LogP contribution < -0.4 is 4.90 Å². The number of hydrogen-bond acceptors (Lipinski definition) is 7. The highest BCUT2D eigenvalue weighted by Crippen LogP contribution is 2.36. The van der Waals surface area contributed by atoms with Crippen molar-refractivity contribution in [2.24, 2.45) is 0 Å². The molecule has 0 amide bonds. The molecule has 0 atom stereocenters. The van der Waals surface area contributed by atoms with Crippen LogP contribution in [0.3, 0.4) is 0 Å². The van der Waals surface area contributed by atoms with Gasteiger partial charge in [-0.15, -0.1) is 0 Å². The largest absolute Gasteiger partial charge is 0.506 e. The lowest BCUT2D eigenvalue weighted by Crippen LogP contribution is -2.39. The lowest BCUT2D eigenvalue weighted by atomic mass is 9.86. The van der Waals surface area contributed by atoms with Gasteiger partial charge in [0.15, 0.2) is 0 Å². The van der Waals surface area contributed by atoms with E-state index in [1.807, 2.05) is 26.8 Å². The molecule has 1 N–H and O–H groups in total. The van der Waals surface area contributed by atoms with E-state index in [2.05, 4.69) is 0 Å². The Hall–Kier alpha value is -2.54. The Labute approximate surface area is 146 Å². The van der Waals surface area contributed by atoms with E-state index >= 15 is 0 Å². The SMILES string of the molecule is COC(=O)C1=C(C(=O)OC)N(c2cc(C(C)(C)C)ccc2O)COC1. The molecule has 0 bridgehead atoms. The maximum absolute atomic E-state index is 12.3. The van der Waals surface area contributed by atoms with Crippen LogP contribution in [0.15, 0.2) is 29.5 Å². The first-order valence-corrected chi connectivity index (χ1v) is 7.79. The minimum atomic E-state index is -0.704. The summed E-state index contributed by atoms with van der Waals surface area (Å²) in [5, 5.41) is 10.3. The summed E-state index contributed by atoms with van der Waals surface area (Å²) in [5.41, 5.74) is 1.19. The highest BCUT2D eigenvalue weighted by atomic mass is 16.5. The Kier molecular flexibility index (Phi) is 5.37. The number of carbonyl (C=O) groups is 2. The van der Waals surface area contributed by atoms with Gasteiger partial charge in [0, 0.05) is 0 Å². The van der Waals surface area contributed by atoms with Crippen LogP contribution in [0, 0.1) is 0 Å². The lowest BCUT2D eigenvalue weighted by Gasteiger charge is -2.32. The van der Waals surface area contributed by atoms with E-state index in [1.54, 1.807) is 12.1 Å². The van der Waals surface area contributed by atoms with Crippen molar-refractivity contribution in [3.05, 3.63) is 35.0 Å². The zero-order chi connectivity index (χ0) is 18.8. The number of esters is 2. The summed E-state index contributed by atoms with van der Waals surface area (Å²) in [4.78, 5) is 25.8. The van der Waals surface area contributed by atoms with Gasteiger partial charge in [0.1, 0.15) is 18.2 Å². The molecule has 1 aliphatic heterocycles. The second-order valence-electron chi connectivity index (χ2n) is 6.67. The highest BCUT2D eigenvalue weighted by Gasteiger charge is 2.34. The van der Waals surface area contributed by atoms with Crippen molar-refractivity contribution in [2.75, 3.05) is 32.5 Å². The Morgan fingerprint density at radius 3 is 2.36 bits per heavy atom. The summed E-state index contributed by atoms with van der Waals surface area (Å²) in [5.74, 6) is -1.43. The molecule has 136 valence electrons. The van der Waals surface area contributed by atoms with Crippen molar-refractivity contribution >= 4 is 17.6 Å². The number of phenolic OH excluding ortho intramolecular Hbond substituents is 1. The Bertz CT molecular complexity index is 717. The van der Waals surface area contributed by atoms with Crippen molar-refractivity contribution in [3.8, 4) is 5.75 Å². The number of methoxy groups -OCH3 is 2. The number of rotatable bonds is 3. The molecule has 2 rings (SSSR count). The topological polar surface area (TPSA) is 85.3 Å². The first-order chi connectivity index (χ1) is 11.7. The third-order valence-corrected chi connectivity index (χ3v) is 3.97. The van der Waals surface area contributed by atoms with E-state index in [0.29, 0.717) is 5.69 Å². The minimum absolute atomic E-state index is 0.00181. The maximum Gasteiger partial charge on any atom is 0.355 e. The fraction of sp³-hybridized carbons (Fsp3) is 0.444. The van der Waals surface area contributed by atoms with Crippen molar-refractivity contribution < 1.29 is 28.9 Å². The van der Waals surface area contributed by atoms with Crippen molar-refractivity contribution in [2.45, 2.75) is 26.2 Å². The summed E-state index contributed by atoms with van der Waals surface area (Å²) in [6.45, 7) is 6.02. The van der Waals surface area contributed by atoms with Gasteiger partial charge in [-0.2, -0.15) is 0 Å². The summed E-state index contributed by atoms with van der Waals surface area (Å²) in [6, 6.07) is 5.13. The fourth-order valence-electron chi connectivity index (χ4n) is 2.54. The number of phenols is 1. The number of ether oxygens (including phenoxy) is 3. The molecule has 1 aromatic rings. The van der Waals surface area contributed by atoms with Gasteiger partial charge in [0.25, 0.3) is 0 Å². The molecule has 0 radical (unpaired) electrons. The van der Waals surface area contributed by atoms with Gasteiger partial charge < -0.3 is 24.2 Å². The van der Waals surface area contributed by atoms with E-state index in [1.165, 1.54) is 19.1 Å². The standard InChI is InChI=1S/C18H23NO6/c1-18(2,3)11-6-7-14(20)13(8-11)19-10-25-9-12(16(21)23-4)15(19)17(22)24-5/h6-8,20H,9-10H2,1-5H3. The molecular weight excluding hydrogens is 326 g/mol. The van der Waals surface area contributed by atoms with Crippen LogP contribution in [0.1, 0.15) is 26.3 Å². The quantitative estimate of drug-likeness (QED) is 0.836. The maximum atomic E-state index is 12.3. The van der Waals surface area contributed by atoms with Crippen LogP contribution in [-0.4, -0.2) is 44.6 Å². The molecule has 0 saturated heterocycles. The number of benzene rings is 1. The monoisotopic (exact) mass is 349 g/mol. The van der Waals surface area contributed by atoms with Crippen LogP contribution in [0.2, 0.25) is 0 Å². The van der Waals surface area contributed by atoms with Crippen LogP contribution in [0.25, 0.3) is 0 Å². The summed E-state index contributed by atoms with van der Waals surface area (Å²) in [6.07, 6.45) is 0. The molecule has 0 unspecified atom stereocenters. The average molecular weight is 349 g/mol. The predicted octanol–water partition coefficient (Wildman–Crippen LogP) is 2.08. The molecule has 0 saturated carbocycles. The lowest BCUT2D eigenvalue weighted by molar-refractivity contribution is -0.140.